The van der Waals surface area contributed by atoms with Crippen molar-refractivity contribution in [2.75, 3.05) is 25.0 Å². The van der Waals surface area contributed by atoms with E-state index >= 15 is 0 Å². The average Bonchev–Trinajstić information content (AvgIpc) is 2.68. The molecule has 0 bridgehead atoms. The summed E-state index contributed by atoms with van der Waals surface area (Å²) in [6.07, 6.45) is 5.37. The number of hydrogen-bond donors (Lipinski definition) is 1. The smallest absolute Gasteiger partial charge is 0.313 e. The molecular formula is C22H23N3O2. The first-order valence-electron chi connectivity index (χ1n) is 9.01. The van der Waals surface area contributed by atoms with E-state index in [0.717, 1.165) is 19.6 Å². The Morgan fingerprint density at radius 3 is 2.63 bits per heavy atom. The van der Waals surface area contributed by atoms with Gasteiger partial charge in [-0.25, -0.2) is 0 Å². The Balaban J connectivity index is 1.57. The molecule has 3 rings (SSSR count). The van der Waals surface area contributed by atoms with Gasteiger partial charge < -0.3 is 10.2 Å². The minimum absolute atomic E-state index is 0.0299. The fraction of sp³-hybridized carbons (Fsp3) is 0.273. The molecule has 1 atom stereocenters. The van der Waals surface area contributed by atoms with Gasteiger partial charge in [-0.1, -0.05) is 42.3 Å². The van der Waals surface area contributed by atoms with Crippen LogP contribution in [-0.4, -0.2) is 47.3 Å². The van der Waals surface area contributed by atoms with E-state index in [1.807, 2.05) is 25.1 Å². The second-order valence-corrected chi connectivity index (χ2v) is 6.75. The van der Waals surface area contributed by atoms with E-state index in [4.69, 9.17) is 6.42 Å². The molecule has 1 N–H and O–H groups in total. The van der Waals surface area contributed by atoms with Crippen molar-refractivity contribution >= 4 is 17.5 Å². The molecule has 0 saturated carbocycles. The van der Waals surface area contributed by atoms with E-state index in [1.165, 1.54) is 5.56 Å². The quantitative estimate of drug-likeness (QED) is 0.674. The summed E-state index contributed by atoms with van der Waals surface area (Å²) >= 11 is 0. The Labute approximate surface area is 160 Å². The van der Waals surface area contributed by atoms with Crippen molar-refractivity contribution in [1.82, 2.24) is 9.80 Å². The number of benzene rings is 2. The third-order valence-electron chi connectivity index (χ3n) is 4.70. The highest BCUT2D eigenvalue weighted by atomic mass is 16.2. The summed E-state index contributed by atoms with van der Waals surface area (Å²) in [4.78, 5) is 28.9. The highest BCUT2D eigenvalue weighted by Gasteiger charge is 2.31. The van der Waals surface area contributed by atoms with Crippen molar-refractivity contribution in [3.8, 4) is 12.3 Å². The maximum absolute atomic E-state index is 12.6. The lowest BCUT2D eigenvalue weighted by Gasteiger charge is -2.39. The lowest BCUT2D eigenvalue weighted by Crippen LogP contribution is -2.56. The molecule has 5 heteroatoms. The van der Waals surface area contributed by atoms with Crippen molar-refractivity contribution in [2.24, 2.45) is 0 Å². The number of carbonyl (C=O) groups is 2. The van der Waals surface area contributed by atoms with Crippen LogP contribution in [0.3, 0.4) is 0 Å². The fourth-order valence-electron chi connectivity index (χ4n) is 3.32. The molecular weight excluding hydrogens is 338 g/mol. The molecule has 1 saturated heterocycles. The zero-order valence-electron chi connectivity index (χ0n) is 15.4. The van der Waals surface area contributed by atoms with Gasteiger partial charge in [0.25, 0.3) is 0 Å². The molecule has 0 aromatic heterocycles. The van der Waals surface area contributed by atoms with Crippen LogP contribution in [0.4, 0.5) is 5.69 Å². The maximum atomic E-state index is 12.6. The third-order valence-corrected chi connectivity index (χ3v) is 4.70. The van der Waals surface area contributed by atoms with E-state index in [2.05, 4.69) is 28.3 Å². The van der Waals surface area contributed by atoms with Crippen molar-refractivity contribution in [1.29, 1.82) is 0 Å². The van der Waals surface area contributed by atoms with Crippen LogP contribution in [-0.2, 0) is 16.1 Å². The average molecular weight is 361 g/mol. The van der Waals surface area contributed by atoms with E-state index in [-0.39, 0.29) is 6.04 Å². The van der Waals surface area contributed by atoms with Gasteiger partial charge in [-0.05, 0) is 30.7 Å². The van der Waals surface area contributed by atoms with E-state index in [0.29, 0.717) is 17.8 Å². The number of anilines is 1. The number of nitrogens with zero attached hydrogens (tertiary/aromatic N) is 2. The zero-order valence-corrected chi connectivity index (χ0v) is 15.4. The van der Waals surface area contributed by atoms with Gasteiger partial charge in [0, 0.05) is 43.5 Å². The van der Waals surface area contributed by atoms with Crippen molar-refractivity contribution in [3.05, 3.63) is 65.7 Å². The maximum Gasteiger partial charge on any atom is 0.313 e. The Bertz CT molecular complexity index is 857. The lowest BCUT2D eigenvalue weighted by molar-refractivity contribution is -0.146. The highest BCUT2D eigenvalue weighted by Crippen LogP contribution is 2.15. The van der Waals surface area contributed by atoms with Crippen LogP contribution >= 0.6 is 0 Å². The first-order chi connectivity index (χ1) is 13.1. The Kier molecular flexibility index (Phi) is 5.90. The van der Waals surface area contributed by atoms with E-state index in [9.17, 15) is 9.59 Å². The van der Waals surface area contributed by atoms with Gasteiger partial charge >= 0.3 is 11.8 Å². The summed E-state index contributed by atoms with van der Waals surface area (Å²) in [7, 11) is 0. The fourth-order valence-corrected chi connectivity index (χ4v) is 3.32. The number of hydrogen-bond acceptors (Lipinski definition) is 3. The van der Waals surface area contributed by atoms with E-state index in [1.54, 1.807) is 29.2 Å². The van der Waals surface area contributed by atoms with Gasteiger partial charge in [0.05, 0.1) is 0 Å². The summed E-state index contributed by atoms with van der Waals surface area (Å²) < 4.78 is 0. The van der Waals surface area contributed by atoms with Crippen molar-refractivity contribution in [3.63, 3.8) is 0 Å². The number of piperazine rings is 1. The molecule has 1 aliphatic rings. The molecule has 1 aliphatic heterocycles. The molecule has 27 heavy (non-hydrogen) atoms. The predicted molar refractivity (Wildman–Crippen MR) is 106 cm³/mol. The summed E-state index contributed by atoms with van der Waals surface area (Å²) in [5.74, 6) is 1.37. The molecule has 1 heterocycles. The summed E-state index contributed by atoms with van der Waals surface area (Å²) in [5, 5.41) is 2.65. The van der Waals surface area contributed by atoms with Gasteiger partial charge in [-0.15, -0.1) is 6.42 Å². The molecule has 0 aliphatic carbocycles. The Morgan fingerprint density at radius 2 is 1.93 bits per heavy atom. The van der Waals surface area contributed by atoms with Crippen molar-refractivity contribution in [2.45, 2.75) is 19.5 Å². The summed E-state index contributed by atoms with van der Waals surface area (Å²) in [5.41, 5.74) is 2.43. The highest BCUT2D eigenvalue weighted by molar-refractivity contribution is 6.39. The van der Waals surface area contributed by atoms with Crippen LogP contribution in [0, 0.1) is 12.3 Å². The summed E-state index contributed by atoms with van der Waals surface area (Å²) in [6, 6.07) is 17.1. The van der Waals surface area contributed by atoms with Crippen LogP contribution in [0.5, 0.6) is 0 Å². The predicted octanol–water partition coefficient (Wildman–Crippen LogP) is 2.34. The normalized spacial score (nSPS) is 17.2. The second-order valence-electron chi connectivity index (χ2n) is 6.75. The number of carbonyl (C=O) groups excluding carboxylic acids is 2. The molecule has 0 spiro atoms. The molecule has 2 amide bonds. The first-order valence-corrected chi connectivity index (χ1v) is 9.01. The van der Waals surface area contributed by atoms with Crippen LogP contribution in [0.1, 0.15) is 18.1 Å². The molecule has 2 aromatic carbocycles. The minimum Gasteiger partial charge on any atom is -0.329 e. The SMILES string of the molecule is C#Cc1cccc(NC(=O)C(=O)N2CCN(Cc3ccccc3)CC2C)c1. The zero-order chi connectivity index (χ0) is 19.2. The summed E-state index contributed by atoms with van der Waals surface area (Å²) in [6.45, 7) is 4.83. The number of rotatable bonds is 3. The van der Waals surface area contributed by atoms with Crippen molar-refractivity contribution < 1.29 is 9.59 Å². The largest absolute Gasteiger partial charge is 0.329 e. The second kappa shape index (κ2) is 8.52. The molecule has 2 aromatic rings. The lowest BCUT2D eigenvalue weighted by atomic mass is 10.1. The van der Waals surface area contributed by atoms with Crippen LogP contribution in [0.25, 0.3) is 0 Å². The molecule has 0 radical (unpaired) electrons. The van der Waals surface area contributed by atoms with Crippen LogP contribution < -0.4 is 5.32 Å². The van der Waals surface area contributed by atoms with Gasteiger partial charge in [0.2, 0.25) is 0 Å². The monoisotopic (exact) mass is 361 g/mol. The van der Waals surface area contributed by atoms with Gasteiger partial charge in [-0.3, -0.25) is 14.5 Å². The van der Waals surface area contributed by atoms with Gasteiger partial charge in [0.15, 0.2) is 0 Å². The van der Waals surface area contributed by atoms with Crippen LogP contribution in [0.15, 0.2) is 54.6 Å². The molecule has 1 fully saturated rings. The van der Waals surface area contributed by atoms with Gasteiger partial charge in [0.1, 0.15) is 0 Å². The van der Waals surface area contributed by atoms with Crippen LogP contribution in [0.2, 0.25) is 0 Å². The third kappa shape index (κ3) is 4.75. The molecule has 138 valence electrons. The standard InChI is InChI=1S/C22H23N3O2/c1-3-18-10-7-11-20(14-18)23-21(26)22(27)25-13-12-24(15-17(25)2)16-19-8-5-4-6-9-19/h1,4-11,14,17H,12-13,15-16H2,2H3,(H,23,26). The number of nitrogens with one attached hydrogen (secondary N) is 1. The Morgan fingerprint density at radius 1 is 1.15 bits per heavy atom. The number of amides is 2. The van der Waals surface area contributed by atoms with Gasteiger partial charge in [-0.2, -0.15) is 0 Å². The number of terminal acetylenes is 1. The topological polar surface area (TPSA) is 52.7 Å². The minimum atomic E-state index is -0.632. The Hall–Kier alpha value is -3.10. The molecule has 5 nitrogen and oxygen atoms in total. The molecule has 1 unspecified atom stereocenters. The first kappa shape index (κ1) is 18.7. The van der Waals surface area contributed by atoms with E-state index < -0.39 is 11.8 Å².